The summed E-state index contributed by atoms with van der Waals surface area (Å²) in [6, 6.07) is 6.54. The molecule has 2 N–H and O–H groups in total. The number of nitrogens with zero attached hydrogens (tertiary/aromatic N) is 1. The number of amides is 3. The molecule has 1 aliphatic carbocycles. The molecule has 1 saturated carbocycles. The van der Waals surface area contributed by atoms with Crippen LogP contribution in [0.15, 0.2) is 24.3 Å². The summed E-state index contributed by atoms with van der Waals surface area (Å²) in [4.78, 5) is 38.0. The van der Waals surface area contributed by atoms with Crippen LogP contribution in [-0.4, -0.2) is 30.8 Å². The number of likely N-dealkylation sites (N-methyl/N-ethyl adjacent to an activating group) is 1. The Kier molecular flexibility index (Phi) is 4.32. The molecule has 0 unspecified atom stereocenters. The molecule has 1 atom stereocenters. The van der Waals surface area contributed by atoms with Crippen molar-refractivity contribution >= 4 is 23.4 Å². The minimum atomic E-state index is -0.791. The summed E-state index contributed by atoms with van der Waals surface area (Å²) in [5.74, 6) is -1.64. The average molecular weight is 315 g/mol. The van der Waals surface area contributed by atoms with Gasteiger partial charge in [-0.25, -0.2) is 0 Å². The van der Waals surface area contributed by atoms with Crippen LogP contribution in [0.4, 0.5) is 5.69 Å². The van der Waals surface area contributed by atoms with Gasteiger partial charge in [-0.3, -0.25) is 14.4 Å². The van der Waals surface area contributed by atoms with Crippen LogP contribution in [0.1, 0.15) is 43.7 Å². The van der Waals surface area contributed by atoms with Crippen molar-refractivity contribution in [2.45, 2.75) is 44.2 Å². The monoisotopic (exact) mass is 315 g/mol. The molecule has 6 nitrogen and oxygen atoms in total. The molecule has 2 aliphatic rings. The first-order chi connectivity index (χ1) is 11.1. The van der Waals surface area contributed by atoms with Crippen LogP contribution < -0.4 is 15.5 Å². The normalized spacial score (nSPS) is 21.0. The summed E-state index contributed by atoms with van der Waals surface area (Å²) in [7, 11) is 1.66. The van der Waals surface area contributed by atoms with Crippen molar-refractivity contribution in [3.63, 3.8) is 0 Å². The molecule has 3 rings (SSSR count). The highest BCUT2D eigenvalue weighted by Gasteiger charge is 2.37. The van der Waals surface area contributed by atoms with E-state index in [9.17, 15) is 14.4 Å². The minimum Gasteiger partial charge on any atom is -0.345 e. The maximum Gasteiger partial charge on any atom is 0.310 e. The van der Waals surface area contributed by atoms with Gasteiger partial charge in [0, 0.05) is 24.3 Å². The Hall–Kier alpha value is -2.37. The molecule has 1 aromatic rings. The fraction of sp³-hybridized carbons (Fsp3) is 0.471. The molecule has 1 aliphatic heterocycles. The van der Waals surface area contributed by atoms with E-state index in [1.807, 2.05) is 18.2 Å². The second-order valence-electron chi connectivity index (χ2n) is 6.17. The van der Waals surface area contributed by atoms with Gasteiger partial charge in [-0.1, -0.05) is 37.5 Å². The minimum absolute atomic E-state index is 0.0660. The molecule has 3 amide bonds. The van der Waals surface area contributed by atoms with Crippen molar-refractivity contribution in [2.24, 2.45) is 0 Å². The van der Waals surface area contributed by atoms with Crippen LogP contribution >= 0.6 is 0 Å². The van der Waals surface area contributed by atoms with E-state index in [1.165, 1.54) is 11.3 Å². The fourth-order valence-corrected chi connectivity index (χ4v) is 3.32. The first kappa shape index (κ1) is 15.5. The van der Waals surface area contributed by atoms with Crippen LogP contribution in [0.5, 0.6) is 0 Å². The van der Waals surface area contributed by atoms with Gasteiger partial charge >= 0.3 is 11.8 Å². The largest absolute Gasteiger partial charge is 0.345 e. The van der Waals surface area contributed by atoms with E-state index in [0.717, 1.165) is 36.9 Å². The first-order valence-corrected chi connectivity index (χ1v) is 8.06. The molecule has 1 aromatic carbocycles. The van der Waals surface area contributed by atoms with Gasteiger partial charge in [0.25, 0.3) is 5.91 Å². The zero-order valence-corrected chi connectivity index (χ0v) is 13.2. The number of carbonyl (C=O) groups is 3. The molecule has 23 heavy (non-hydrogen) atoms. The van der Waals surface area contributed by atoms with Gasteiger partial charge in [0.15, 0.2) is 0 Å². The molecular formula is C17H21N3O3. The maximum absolute atomic E-state index is 12.3. The Morgan fingerprint density at radius 3 is 2.43 bits per heavy atom. The Morgan fingerprint density at radius 2 is 1.70 bits per heavy atom. The first-order valence-electron chi connectivity index (χ1n) is 8.06. The molecule has 0 spiro atoms. The van der Waals surface area contributed by atoms with Crippen molar-refractivity contribution in [3.05, 3.63) is 29.8 Å². The van der Waals surface area contributed by atoms with Gasteiger partial charge in [0.05, 0.1) is 0 Å². The third-order valence-electron chi connectivity index (χ3n) is 4.61. The third-order valence-corrected chi connectivity index (χ3v) is 4.61. The molecule has 0 aromatic heterocycles. The SMILES string of the molecule is CN1C(=O)[C@H](NC(=O)C(=O)NC2CCCCC2)c2ccccc21. The fourth-order valence-electron chi connectivity index (χ4n) is 3.32. The molecule has 0 saturated heterocycles. The second kappa shape index (κ2) is 6.40. The smallest absolute Gasteiger partial charge is 0.310 e. The standard InChI is InChI=1S/C17H21N3O3/c1-20-13-10-6-5-9-12(13)14(17(20)23)19-16(22)15(21)18-11-7-3-2-4-8-11/h5-6,9-11,14H,2-4,7-8H2,1H3,(H,18,21)(H,19,22)/t14-/m1/s1. The highest BCUT2D eigenvalue weighted by atomic mass is 16.2. The number of benzene rings is 1. The summed E-state index contributed by atoms with van der Waals surface area (Å²) >= 11 is 0. The number of carbonyl (C=O) groups excluding carboxylic acids is 3. The Bertz CT molecular complexity index is 638. The number of nitrogens with one attached hydrogen (secondary N) is 2. The number of anilines is 1. The van der Waals surface area contributed by atoms with E-state index in [1.54, 1.807) is 13.1 Å². The van der Waals surface area contributed by atoms with Gasteiger partial charge in [0.2, 0.25) is 0 Å². The van der Waals surface area contributed by atoms with Gasteiger partial charge in [0.1, 0.15) is 6.04 Å². The zero-order chi connectivity index (χ0) is 16.4. The molecule has 1 heterocycles. The van der Waals surface area contributed by atoms with Crippen LogP contribution in [0.3, 0.4) is 0 Å². The van der Waals surface area contributed by atoms with Gasteiger partial charge < -0.3 is 15.5 Å². The maximum atomic E-state index is 12.3. The molecule has 0 radical (unpaired) electrons. The van der Waals surface area contributed by atoms with Crippen LogP contribution in [0.25, 0.3) is 0 Å². The lowest BCUT2D eigenvalue weighted by Gasteiger charge is -2.22. The van der Waals surface area contributed by atoms with Crippen molar-refractivity contribution in [1.29, 1.82) is 0 Å². The Labute approximate surface area is 135 Å². The van der Waals surface area contributed by atoms with E-state index in [-0.39, 0.29) is 11.9 Å². The van der Waals surface area contributed by atoms with Gasteiger partial charge in [-0.2, -0.15) is 0 Å². The second-order valence-corrected chi connectivity index (χ2v) is 6.17. The number of hydrogen-bond donors (Lipinski definition) is 2. The van der Waals surface area contributed by atoms with E-state index in [4.69, 9.17) is 0 Å². The Morgan fingerprint density at radius 1 is 1.04 bits per heavy atom. The highest BCUT2D eigenvalue weighted by Crippen LogP contribution is 2.34. The average Bonchev–Trinajstić information content (AvgIpc) is 2.81. The predicted octanol–water partition coefficient (Wildman–Crippen LogP) is 1.27. The molecule has 1 fully saturated rings. The van der Waals surface area contributed by atoms with E-state index < -0.39 is 17.9 Å². The van der Waals surface area contributed by atoms with Crippen LogP contribution in [0.2, 0.25) is 0 Å². The number of rotatable bonds is 2. The summed E-state index contributed by atoms with van der Waals surface area (Å²) in [6.45, 7) is 0. The summed E-state index contributed by atoms with van der Waals surface area (Å²) in [5.41, 5.74) is 1.48. The summed E-state index contributed by atoms with van der Waals surface area (Å²) in [6.07, 6.45) is 5.15. The lowest BCUT2D eigenvalue weighted by molar-refractivity contribution is -0.140. The van der Waals surface area contributed by atoms with Gasteiger partial charge in [-0.15, -0.1) is 0 Å². The van der Waals surface area contributed by atoms with E-state index in [2.05, 4.69) is 10.6 Å². The third kappa shape index (κ3) is 3.06. The van der Waals surface area contributed by atoms with Crippen molar-refractivity contribution in [3.8, 4) is 0 Å². The Balaban J connectivity index is 1.65. The van der Waals surface area contributed by atoms with Crippen LogP contribution in [-0.2, 0) is 14.4 Å². The number of hydrogen-bond acceptors (Lipinski definition) is 3. The van der Waals surface area contributed by atoms with Crippen molar-refractivity contribution in [1.82, 2.24) is 10.6 Å². The lowest BCUT2D eigenvalue weighted by atomic mass is 9.95. The molecular weight excluding hydrogens is 294 g/mol. The molecule has 6 heteroatoms. The molecule has 0 bridgehead atoms. The van der Waals surface area contributed by atoms with Crippen molar-refractivity contribution in [2.75, 3.05) is 11.9 Å². The van der Waals surface area contributed by atoms with Gasteiger partial charge in [-0.05, 0) is 18.9 Å². The predicted molar refractivity (Wildman–Crippen MR) is 85.8 cm³/mol. The quantitative estimate of drug-likeness (QED) is 0.807. The van der Waals surface area contributed by atoms with E-state index in [0.29, 0.717) is 0 Å². The number of para-hydroxylation sites is 1. The van der Waals surface area contributed by atoms with Crippen LogP contribution in [0, 0.1) is 0 Å². The topological polar surface area (TPSA) is 78.5 Å². The highest BCUT2D eigenvalue weighted by molar-refractivity contribution is 6.35. The summed E-state index contributed by atoms with van der Waals surface area (Å²) in [5, 5.41) is 5.33. The van der Waals surface area contributed by atoms with Crippen molar-refractivity contribution < 1.29 is 14.4 Å². The lowest BCUT2D eigenvalue weighted by Crippen LogP contribution is -2.47. The molecule has 122 valence electrons. The summed E-state index contributed by atoms with van der Waals surface area (Å²) < 4.78 is 0. The number of fused-ring (bicyclic) bond motifs is 1. The zero-order valence-electron chi connectivity index (χ0n) is 13.2. The van der Waals surface area contributed by atoms with E-state index >= 15 is 0 Å².